The summed E-state index contributed by atoms with van der Waals surface area (Å²) in [7, 11) is 0. The van der Waals surface area contributed by atoms with Gasteiger partial charge in [0.15, 0.2) is 0 Å². The third-order valence-corrected chi connectivity index (χ3v) is 5.24. The van der Waals surface area contributed by atoms with Gasteiger partial charge in [0.2, 0.25) is 0 Å². The van der Waals surface area contributed by atoms with Crippen molar-refractivity contribution in [3.63, 3.8) is 0 Å². The molecule has 0 radical (unpaired) electrons. The van der Waals surface area contributed by atoms with Crippen molar-refractivity contribution in [2.75, 3.05) is 0 Å². The lowest BCUT2D eigenvalue weighted by molar-refractivity contribution is 0.461. The van der Waals surface area contributed by atoms with E-state index in [2.05, 4.69) is 93.9 Å². The van der Waals surface area contributed by atoms with Crippen LogP contribution < -0.4 is 0 Å². The summed E-state index contributed by atoms with van der Waals surface area (Å²) in [6.45, 7) is 0. The highest BCUT2D eigenvalue weighted by Crippen LogP contribution is 2.41. The zero-order valence-electron chi connectivity index (χ0n) is 15.3. The summed E-state index contributed by atoms with van der Waals surface area (Å²) in [5.74, 6) is 0. The molecule has 0 bridgehead atoms. The zero-order chi connectivity index (χ0) is 18.8. The summed E-state index contributed by atoms with van der Waals surface area (Å²) in [6.07, 6.45) is 0. The molecule has 4 aromatic carbocycles. The predicted octanol–water partition coefficient (Wildman–Crippen LogP) is 5.27. The normalized spacial score (nSPS) is 11.6. The number of benzene rings is 4. The van der Waals surface area contributed by atoms with Crippen LogP contribution in [0.2, 0.25) is 0 Å². The average molecular weight is 361 g/mol. The molecular weight excluding hydrogens is 342 g/mol. The summed E-state index contributed by atoms with van der Waals surface area (Å²) < 4.78 is 2.06. The SMILES string of the molecule is c1ccc(C(c2ccccc2)(c2ccccc2)n2nnc3ccccc32)cc1. The van der Waals surface area contributed by atoms with Gasteiger partial charge in [-0.2, -0.15) is 0 Å². The van der Waals surface area contributed by atoms with Crippen molar-refractivity contribution in [2.45, 2.75) is 5.54 Å². The molecule has 0 amide bonds. The Balaban J connectivity index is 1.96. The fraction of sp³-hybridized carbons (Fsp3) is 0.0400. The maximum absolute atomic E-state index is 4.66. The van der Waals surface area contributed by atoms with Crippen molar-refractivity contribution >= 4 is 11.0 Å². The van der Waals surface area contributed by atoms with E-state index in [9.17, 15) is 0 Å². The number of fused-ring (bicyclic) bond motifs is 1. The van der Waals surface area contributed by atoms with Gasteiger partial charge in [0.25, 0.3) is 0 Å². The Morgan fingerprint density at radius 3 is 1.43 bits per heavy atom. The molecule has 0 aliphatic rings. The molecule has 0 aliphatic heterocycles. The van der Waals surface area contributed by atoms with Crippen molar-refractivity contribution in [3.05, 3.63) is 132 Å². The number of hydrogen-bond acceptors (Lipinski definition) is 2. The average Bonchev–Trinajstić information content (AvgIpc) is 3.21. The van der Waals surface area contributed by atoms with Crippen molar-refractivity contribution in [2.24, 2.45) is 0 Å². The van der Waals surface area contributed by atoms with Crippen LogP contribution in [0.5, 0.6) is 0 Å². The minimum Gasteiger partial charge on any atom is -0.225 e. The summed E-state index contributed by atoms with van der Waals surface area (Å²) in [5.41, 5.74) is 4.68. The molecule has 134 valence electrons. The van der Waals surface area contributed by atoms with Gasteiger partial charge in [0, 0.05) is 0 Å². The van der Waals surface area contributed by atoms with Gasteiger partial charge in [-0.3, -0.25) is 0 Å². The second-order valence-corrected chi connectivity index (χ2v) is 6.80. The third-order valence-electron chi connectivity index (χ3n) is 5.24. The minimum atomic E-state index is -0.625. The zero-order valence-corrected chi connectivity index (χ0v) is 15.3. The van der Waals surface area contributed by atoms with Gasteiger partial charge in [0.1, 0.15) is 11.1 Å². The molecule has 28 heavy (non-hydrogen) atoms. The Hall–Kier alpha value is -3.72. The molecule has 3 nitrogen and oxygen atoms in total. The molecule has 3 heteroatoms. The van der Waals surface area contributed by atoms with Crippen LogP contribution in [0.3, 0.4) is 0 Å². The van der Waals surface area contributed by atoms with Crippen molar-refractivity contribution in [1.29, 1.82) is 0 Å². The smallest absolute Gasteiger partial charge is 0.140 e. The first-order valence-electron chi connectivity index (χ1n) is 9.38. The summed E-state index contributed by atoms with van der Waals surface area (Å²) >= 11 is 0. The van der Waals surface area contributed by atoms with Crippen LogP contribution >= 0.6 is 0 Å². The fourth-order valence-corrected chi connectivity index (χ4v) is 4.02. The van der Waals surface area contributed by atoms with Crippen LogP contribution in [0.4, 0.5) is 0 Å². The molecular formula is C25H19N3. The van der Waals surface area contributed by atoms with Gasteiger partial charge in [-0.1, -0.05) is 108 Å². The van der Waals surface area contributed by atoms with E-state index < -0.39 is 5.54 Å². The van der Waals surface area contributed by atoms with Crippen molar-refractivity contribution in [3.8, 4) is 0 Å². The summed E-state index contributed by atoms with van der Waals surface area (Å²) in [6, 6.07) is 39.7. The first kappa shape index (κ1) is 16.5. The van der Waals surface area contributed by atoms with E-state index in [4.69, 9.17) is 0 Å². The molecule has 5 rings (SSSR count). The van der Waals surface area contributed by atoms with Crippen molar-refractivity contribution in [1.82, 2.24) is 15.0 Å². The van der Waals surface area contributed by atoms with Crippen molar-refractivity contribution < 1.29 is 0 Å². The molecule has 0 saturated heterocycles. The quantitative estimate of drug-likeness (QED) is 0.408. The Morgan fingerprint density at radius 1 is 0.500 bits per heavy atom. The van der Waals surface area contributed by atoms with Gasteiger partial charge < -0.3 is 0 Å². The van der Waals surface area contributed by atoms with E-state index in [-0.39, 0.29) is 0 Å². The highest BCUT2D eigenvalue weighted by molar-refractivity contribution is 5.75. The highest BCUT2D eigenvalue weighted by Gasteiger charge is 2.40. The number of hydrogen-bond donors (Lipinski definition) is 0. The van der Waals surface area contributed by atoms with Crippen LogP contribution in [0.1, 0.15) is 16.7 Å². The van der Waals surface area contributed by atoms with Crippen LogP contribution in [0.15, 0.2) is 115 Å². The number of nitrogens with zero attached hydrogens (tertiary/aromatic N) is 3. The fourth-order valence-electron chi connectivity index (χ4n) is 4.02. The van der Waals surface area contributed by atoms with E-state index in [1.165, 1.54) is 0 Å². The molecule has 0 saturated carbocycles. The molecule has 0 N–H and O–H groups in total. The van der Waals surface area contributed by atoms with E-state index in [0.29, 0.717) is 0 Å². The lowest BCUT2D eigenvalue weighted by Crippen LogP contribution is -2.38. The molecule has 1 heterocycles. The Morgan fingerprint density at radius 2 is 0.929 bits per heavy atom. The van der Waals surface area contributed by atoms with E-state index in [1.807, 2.05) is 36.4 Å². The van der Waals surface area contributed by atoms with E-state index in [1.54, 1.807) is 0 Å². The van der Waals surface area contributed by atoms with E-state index >= 15 is 0 Å². The Labute approximate surface area is 163 Å². The highest BCUT2D eigenvalue weighted by atomic mass is 15.5. The molecule has 0 fully saturated rings. The van der Waals surface area contributed by atoms with Gasteiger partial charge in [-0.15, -0.1) is 5.10 Å². The topological polar surface area (TPSA) is 30.7 Å². The third kappa shape index (κ3) is 2.44. The lowest BCUT2D eigenvalue weighted by Gasteiger charge is -2.36. The minimum absolute atomic E-state index is 0.625. The van der Waals surface area contributed by atoms with Gasteiger partial charge >= 0.3 is 0 Å². The van der Waals surface area contributed by atoms with E-state index in [0.717, 1.165) is 27.7 Å². The molecule has 0 spiro atoms. The van der Waals surface area contributed by atoms with Crippen LogP contribution in [-0.2, 0) is 5.54 Å². The second kappa shape index (κ2) is 6.78. The van der Waals surface area contributed by atoms with Crippen LogP contribution in [0, 0.1) is 0 Å². The summed E-state index contributed by atoms with van der Waals surface area (Å²) in [4.78, 5) is 0. The van der Waals surface area contributed by atoms with Gasteiger partial charge in [-0.25, -0.2) is 4.68 Å². The van der Waals surface area contributed by atoms with Gasteiger partial charge in [0.05, 0.1) is 5.52 Å². The molecule has 1 aromatic heterocycles. The molecule has 0 atom stereocenters. The first-order chi connectivity index (χ1) is 13.9. The molecule has 5 aromatic rings. The Bertz CT molecular complexity index is 1100. The second-order valence-electron chi connectivity index (χ2n) is 6.80. The van der Waals surface area contributed by atoms with Crippen LogP contribution in [-0.4, -0.2) is 15.0 Å². The first-order valence-corrected chi connectivity index (χ1v) is 9.38. The number of para-hydroxylation sites is 1. The lowest BCUT2D eigenvalue weighted by atomic mass is 9.77. The maximum Gasteiger partial charge on any atom is 0.140 e. The largest absolute Gasteiger partial charge is 0.225 e. The monoisotopic (exact) mass is 361 g/mol. The number of aromatic nitrogens is 3. The van der Waals surface area contributed by atoms with Gasteiger partial charge in [-0.05, 0) is 28.8 Å². The van der Waals surface area contributed by atoms with Crippen LogP contribution in [0.25, 0.3) is 11.0 Å². The summed E-state index contributed by atoms with van der Waals surface area (Å²) in [5, 5.41) is 9.14. The predicted molar refractivity (Wildman–Crippen MR) is 112 cm³/mol. The standard InChI is InChI=1S/C25H19N3/c1-4-12-20(13-5-1)25(21-14-6-2-7-15-21,22-16-8-3-9-17-22)28-24-19-11-10-18-23(24)26-27-28/h1-19H. The Kier molecular flexibility index (Phi) is 3.99. The molecule has 0 unspecified atom stereocenters. The number of rotatable bonds is 4. The maximum atomic E-state index is 4.66. The molecule has 0 aliphatic carbocycles.